The van der Waals surface area contributed by atoms with Gasteiger partial charge >= 0.3 is 5.97 Å². The Morgan fingerprint density at radius 2 is 1.92 bits per heavy atom. The van der Waals surface area contributed by atoms with Crippen LogP contribution in [0.25, 0.3) is 21.8 Å². The number of aryl methyl sites for hydroxylation is 1. The van der Waals surface area contributed by atoms with Gasteiger partial charge in [-0.2, -0.15) is 10.2 Å². The smallest absolute Gasteiger partial charge is 0.335 e. The van der Waals surface area contributed by atoms with E-state index in [9.17, 15) is 9.59 Å². The van der Waals surface area contributed by atoms with E-state index in [4.69, 9.17) is 5.11 Å². The molecule has 0 aliphatic heterocycles. The normalized spacial score (nSPS) is 11.2. The molecule has 0 amide bonds. The number of nitrogens with one attached hydrogen (secondary N) is 1. The molecule has 0 saturated carbocycles. The number of carboxylic acids is 1. The SMILES string of the molecule is Cn1ncc2cc(C(=O)c3n[nH]c4ccc(C(=O)O)cc34)ccc21. The Hall–Kier alpha value is -3.48. The summed E-state index contributed by atoms with van der Waals surface area (Å²) in [6, 6.07) is 9.83. The minimum atomic E-state index is -1.05. The van der Waals surface area contributed by atoms with Crippen molar-refractivity contribution >= 4 is 33.6 Å². The molecular weight excluding hydrogens is 308 g/mol. The molecular formula is C17H12N4O3. The van der Waals surface area contributed by atoms with Crippen molar-refractivity contribution in [2.75, 3.05) is 0 Å². The molecule has 0 radical (unpaired) electrons. The topological polar surface area (TPSA) is 101 Å². The second kappa shape index (κ2) is 5.02. The number of hydrogen-bond donors (Lipinski definition) is 2. The van der Waals surface area contributed by atoms with Crippen molar-refractivity contribution in [3.63, 3.8) is 0 Å². The van der Waals surface area contributed by atoms with Crippen LogP contribution < -0.4 is 0 Å². The van der Waals surface area contributed by atoms with E-state index in [1.54, 1.807) is 29.1 Å². The van der Waals surface area contributed by atoms with Crippen LogP contribution in [0.4, 0.5) is 0 Å². The summed E-state index contributed by atoms with van der Waals surface area (Å²) in [5.74, 6) is -1.32. The van der Waals surface area contributed by atoms with Crippen LogP contribution in [-0.4, -0.2) is 36.8 Å². The first kappa shape index (κ1) is 14.1. The van der Waals surface area contributed by atoms with Gasteiger partial charge in [0.15, 0.2) is 0 Å². The number of carbonyl (C=O) groups is 2. The summed E-state index contributed by atoms with van der Waals surface area (Å²) >= 11 is 0. The third-order valence-electron chi connectivity index (χ3n) is 4.03. The van der Waals surface area contributed by atoms with Gasteiger partial charge in [-0.15, -0.1) is 0 Å². The van der Waals surface area contributed by atoms with E-state index in [0.29, 0.717) is 16.5 Å². The Balaban J connectivity index is 1.84. The molecule has 0 aliphatic rings. The fourth-order valence-electron chi connectivity index (χ4n) is 2.76. The lowest BCUT2D eigenvalue weighted by molar-refractivity contribution is 0.0696. The number of aromatic nitrogens is 4. The maximum absolute atomic E-state index is 12.8. The van der Waals surface area contributed by atoms with Gasteiger partial charge in [-0.3, -0.25) is 14.6 Å². The lowest BCUT2D eigenvalue weighted by Crippen LogP contribution is -2.03. The number of hydrogen-bond acceptors (Lipinski definition) is 4. The molecule has 0 spiro atoms. The maximum atomic E-state index is 12.8. The van der Waals surface area contributed by atoms with Crippen molar-refractivity contribution in [3.05, 3.63) is 59.4 Å². The van der Waals surface area contributed by atoms with Gasteiger partial charge in [-0.25, -0.2) is 4.79 Å². The fourth-order valence-corrected chi connectivity index (χ4v) is 2.76. The minimum absolute atomic E-state index is 0.112. The number of nitrogens with zero attached hydrogens (tertiary/aromatic N) is 3. The number of carboxylic acid groups (broad SMARTS) is 1. The van der Waals surface area contributed by atoms with Gasteiger partial charge in [0, 0.05) is 23.4 Å². The van der Waals surface area contributed by atoms with Crippen molar-refractivity contribution in [1.82, 2.24) is 20.0 Å². The molecule has 2 N–H and O–H groups in total. The molecule has 0 bridgehead atoms. The first-order chi connectivity index (χ1) is 11.5. The molecule has 4 rings (SSSR count). The van der Waals surface area contributed by atoms with Gasteiger partial charge in [0.05, 0.1) is 22.8 Å². The molecule has 0 unspecified atom stereocenters. The van der Waals surface area contributed by atoms with Crippen LogP contribution in [0, 0.1) is 0 Å². The molecule has 118 valence electrons. The molecule has 4 aromatic rings. The van der Waals surface area contributed by atoms with Crippen molar-refractivity contribution < 1.29 is 14.7 Å². The molecule has 0 atom stereocenters. The number of fused-ring (bicyclic) bond motifs is 2. The Kier molecular flexibility index (Phi) is 2.96. The monoisotopic (exact) mass is 320 g/mol. The standard InChI is InChI=1S/C17H12N4O3/c1-21-14-5-3-9(6-11(14)8-18-21)16(22)15-12-7-10(17(23)24)2-4-13(12)19-20-15/h2-8H,1H3,(H,19,20)(H,23,24). The Bertz CT molecular complexity index is 1120. The van der Waals surface area contributed by atoms with E-state index < -0.39 is 5.97 Å². The predicted molar refractivity (Wildman–Crippen MR) is 87.2 cm³/mol. The number of rotatable bonds is 3. The second-order valence-electron chi connectivity index (χ2n) is 5.51. The van der Waals surface area contributed by atoms with Crippen LogP contribution >= 0.6 is 0 Å². The average Bonchev–Trinajstić information content (AvgIpc) is 3.17. The Morgan fingerprint density at radius 3 is 2.71 bits per heavy atom. The number of aromatic carboxylic acids is 1. The van der Waals surface area contributed by atoms with Crippen LogP contribution in [0.3, 0.4) is 0 Å². The van der Waals surface area contributed by atoms with Crippen LogP contribution in [-0.2, 0) is 7.05 Å². The number of H-pyrrole nitrogens is 1. The van der Waals surface area contributed by atoms with Crippen molar-refractivity contribution in [3.8, 4) is 0 Å². The summed E-state index contributed by atoms with van der Waals surface area (Å²) in [6.07, 6.45) is 1.69. The summed E-state index contributed by atoms with van der Waals surface area (Å²) in [4.78, 5) is 23.9. The third kappa shape index (κ3) is 2.06. The van der Waals surface area contributed by atoms with Crippen LogP contribution in [0.1, 0.15) is 26.4 Å². The fraction of sp³-hybridized carbons (Fsp3) is 0.0588. The van der Waals surface area contributed by atoms with Gasteiger partial charge in [-0.1, -0.05) is 0 Å². The summed E-state index contributed by atoms with van der Waals surface area (Å²) in [5, 5.41) is 21.5. The first-order valence-electron chi connectivity index (χ1n) is 7.22. The lowest BCUT2D eigenvalue weighted by atomic mass is 10.0. The minimum Gasteiger partial charge on any atom is -0.478 e. The molecule has 7 nitrogen and oxygen atoms in total. The Labute approximate surface area is 135 Å². The molecule has 7 heteroatoms. The molecule has 0 fully saturated rings. The number of benzene rings is 2. The van der Waals surface area contributed by atoms with E-state index >= 15 is 0 Å². The highest BCUT2D eigenvalue weighted by molar-refractivity contribution is 6.16. The van der Waals surface area contributed by atoms with E-state index in [-0.39, 0.29) is 17.0 Å². The van der Waals surface area contributed by atoms with Crippen molar-refractivity contribution in [2.45, 2.75) is 0 Å². The molecule has 2 aromatic heterocycles. The number of aromatic amines is 1. The molecule has 0 aliphatic carbocycles. The van der Waals surface area contributed by atoms with E-state index in [0.717, 1.165) is 10.9 Å². The van der Waals surface area contributed by atoms with E-state index in [2.05, 4.69) is 15.3 Å². The number of carbonyl (C=O) groups excluding carboxylic acids is 1. The van der Waals surface area contributed by atoms with Gasteiger partial charge in [0.2, 0.25) is 5.78 Å². The van der Waals surface area contributed by atoms with Crippen LogP contribution in [0.2, 0.25) is 0 Å². The van der Waals surface area contributed by atoms with Crippen molar-refractivity contribution in [2.24, 2.45) is 7.05 Å². The zero-order valence-electron chi connectivity index (χ0n) is 12.6. The van der Waals surface area contributed by atoms with Gasteiger partial charge in [0.1, 0.15) is 5.69 Å². The van der Waals surface area contributed by atoms with Crippen LogP contribution in [0.5, 0.6) is 0 Å². The molecule has 24 heavy (non-hydrogen) atoms. The largest absolute Gasteiger partial charge is 0.478 e. The first-order valence-corrected chi connectivity index (χ1v) is 7.22. The Morgan fingerprint density at radius 1 is 1.12 bits per heavy atom. The summed E-state index contributed by atoms with van der Waals surface area (Å²) < 4.78 is 1.73. The molecule has 2 heterocycles. The third-order valence-corrected chi connectivity index (χ3v) is 4.03. The van der Waals surface area contributed by atoms with Gasteiger partial charge in [-0.05, 0) is 36.4 Å². The summed E-state index contributed by atoms with van der Waals surface area (Å²) in [6.45, 7) is 0. The predicted octanol–water partition coefficient (Wildman–Crippen LogP) is 2.38. The van der Waals surface area contributed by atoms with Gasteiger partial charge in [0.25, 0.3) is 0 Å². The highest BCUT2D eigenvalue weighted by atomic mass is 16.4. The zero-order valence-corrected chi connectivity index (χ0v) is 12.6. The van der Waals surface area contributed by atoms with Crippen LogP contribution in [0.15, 0.2) is 42.6 Å². The summed E-state index contributed by atoms with van der Waals surface area (Å²) in [7, 11) is 1.83. The number of ketones is 1. The maximum Gasteiger partial charge on any atom is 0.335 e. The van der Waals surface area contributed by atoms with E-state index in [1.807, 2.05) is 13.1 Å². The summed E-state index contributed by atoms with van der Waals surface area (Å²) in [5.41, 5.74) is 2.33. The highest BCUT2D eigenvalue weighted by Crippen LogP contribution is 2.22. The zero-order chi connectivity index (χ0) is 16.8. The molecule has 0 saturated heterocycles. The van der Waals surface area contributed by atoms with E-state index in [1.165, 1.54) is 12.1 Å². The lowest BCUT2D eigenvalue weighted by Gasteiger charge is -2.01. The average molecular weight is 320 g/mol. The second-order valence-corrected chi connectivity index (χ2v) is 5.51. The van der Waals surface area contributed by atoms with Gasteiger partial charge < -0.3 is 5.11 Å². The van der Waals surface area contributed by atoms with Crippen molar-refractivity contribution in [1.29, 1.82) is 0 Å². The molecule has 2 aromatic carbocycles. The highest BCUT2D eigenvalue weighted by Gasteiger charge is 2.18. The quantitative estimate of drug-likeness (QED) is 0.564.